The van der Waals surface area contributed by atoms with Crippen molar-refractivity contribution in [2.24, 2.45) is 18.4 Å². The molecule has 0 spiro atoms. The molecular formula is C16H29Cl2N5O. The molecule has 1 aliphatic heterocycles. The van der Waals surface area contributed by atoms with Crippen LogP contribution in [0.5, 0.6) is 0 Å². The van der Waals surface area contributed by atoms with Crippen LogP contribution in [-0.2, 0) is 18.4 Å². The van der Waals surface area contributed by atoms with Crippen molar-refractivity contribution in [1.82, 2.24) is 20.2 Å². The van der Waals surface area contributed by atoms with Gasteiger partial charge in [0.2, 0.25) is 11.9 Å². The summed E-state index contributed by atoms with van der Waals surface area (Å²) in [5.41, 5.74) is 0.855. The Labute approximate surface area is 156 Å². The molecule has 6 nitrogen and oxygen atoms in total. The Morgan fingerprint density at radius 3 is 2.88 bits per heavy atom. The van der Waals surface area contributed by atoms with Gasteiger partial charge < -0.3 is 20.1 Å². The van der Waals surface area contributed by atoms with Gasteiger partial charge in [0.15, 0.2) is 0 Å². The van der Waals surface area contributed by atoms with Gasteiger partial charge in [-0.25, -0.2) is 4.98 Å². The molecule has 1 saturated heterocycles. The van der Waals surface area contributed by atoms with Crippen LogP contribution in [0.3, 0.4) is 0 Å². The fraction of sp³-hybridized carbons (Fsp3) is 0.750. The lowest BCUT2D eigenvalue weighted by molar-refractivity contribution is -0.134. The van der Waals surface area contributed by atoms with E-state index in [0.717, 1.165) is 31.2 Å². The van der Waals surface area contributed by atoms with Crippen molar-refractivity contribution in [2.45, 2.75) is 32.2 Å². The van der Waals surface area contributed by atoms with Crippen LogP contribution in [0.1, 0.15) is 31.4 Å². The third kappa shape index (κ3) is 3.65. The van der Waals surface area contributed by atoms with E-state index < -0.39 is 0 Å². The first kappa shape index (κ1) is 21.1. The van der Waals surface area contributed by atoms with Crippen LogP contribution in [0.25, 0.3) is 0 Å². The lowest BCUT2D eigenvalue weighted by Crippen LogP contribution is -2.47. The summed E-state index contributed by atoms with van der Waals surface area (Å²) in [6, 6.07) is 0. The summed E-state index contributed by atoms with van der Waals surface area (Å²) in [6.07, 6.45) is 6.47. The topological polar surface area (TPSA) is 62.2 Å². The van der Waals surface area contributed by atoms with Gasteiger partial charge in [-0.2, -0.15) is 0 Å². The Balaban J connectivity index is 0.00000144. The molecule has 0 unspecified atom stereocenters. The van der Waals surface area contributed by atoms with Crippen LogP contribution in [0, 0.1) is 11.3 Å². The van der Waals surface area contributed by atoms with Crippen LogP contribution < -0.4 is 15.5 Å². The zero-order valence-corrected chi connectivity index (χ0v) is 16.3. The van der Waals surface area contributed by atoms with Gasteiger partial charge in [-0.3, -0.25) is 4.79 Å². The minimum Gasteiger partial charge on any atom is -0.350 e. The molecule has 0 bridgehead atoms. The molecule has 8 heteroatoms. The number of anilines is 1. The fourth-order valence-electron chi connectivity index (χ4n) is 4.05. The summed E-state index contributed by atoms with van der Waals surface area (Å²) in [5.74, 6) is 1.63. The van der Waals surface area contributed by atoms with Crippen LogP contribution in [0.2, 0.25) is 0 Å². The second-order valence-electron chi connectivity index (χ2n) is 6.92. The standard InChI is InChI=1S/C16H27N5O.2ClH/c1-20(2)15-19-10-13(21(15)3)9-18-14(22)16-7-5-4-6-12(16)8-17-11-16;;/h10,12,17H,4-9,11H2,1-3H3,(H,18,22);2*1H/t12-,16+;;/m0../s1. The van der Waals surface area contributed by atoms with E-state index in [4.69, 9.17) is 0 Å². The third-order valence-corrected chi connectivity index (χ3v) is 5.38. The number of fused-ring (bicyclic) bond motifs is 1. The quantitative estimate of drug-likeness (QED) is 0.838. The van der Waals surface area contributed by atoms with E-state index in [9.17, 15) is 4.79 Å². The number of aromatic nitrogens is 2. The molecule has 3 rings (SSSR count). The molecule has 2 N–H and O–H groups in total. The molecule has 0 radical (unpaired) electrons. The zero-order chi connectivity index (χ0) is 15.7. The molecular weight excluding hydrogens is 349 g/mol. The van der Waals surface area contributed by atoms with Gasteiger partial charge in [-0.15, -0.1) is 24.8 Å². The number of carbonyl (C=O) groups is 1. The number of rotatable bonds is 4. The van der Waals surface area contributed by atoms with Crippen molar-refractivity contribution < 1.29 is 4.79 Å². The third-order valence-electron chi connectivity index (χ3n) is 5.38. The molecule has 1 aromatic rings. The van der Waals surface area contributed by atoms with Crippen molar-refractivity contribution in [3.63, 3.8) is 0 Å². The van der Waals surface area contributed by atoms with Gasteiger partial charge in [-0.1, -0.05) is 12.8 Å². The number of hydrogen-bond donors (Lipinski definition) is 2. The van der Waals surface area contributed by atoms with Gasteiger partial charge in [-0.05, 0) is 25.3 Å². The van der Waals surface area contributed by atoms with Crippen LogP contribution in [0.4, 0.5) is 5.95 Å². The van der Waals surface area contributed by atoms with E-state index in [-0.39, 0.29) is 36.1 Å². The maximum atomic E-state index is 12.8. The van der Waals surface area contributed by atoms with E-state index in [2.05, 4.69) is 15.6 Å². The molecule has 2 aliphatic rings. The van der Waals surface area contributed by atoms with Crippen molar-refractivity contribution in [3.05, 3.63) is 11.9 Å². The Bertz CT molecular complexity index is 563. The minimum absolute atomic E-state index is 0. The molecule has 1 saturated carbocycles. The van der Waals surface area contributed by atoms with Crippen molar-refractivity contribution in [3.8, 4) is 0 Å². The van der Waals surface area contributed by atoms with Crippen LogP contribution >= 0.6 is 24.8 Å². The summed E-state index contributed by atoms with van der Waals surface area (Å²) >= 11 is 0. The summed E-state index contributed by atoms with van der Waals surface area (Å²) in [7, 11) is 5.93. The smallest absolute Gasteiger partial charge is 0.228 e. The highest BCUT2D eigenvalue weighted by Crippen LogP contribution is 2.43. The van der Waals surface area contributed by atoms with Gasteiger partial charge in [0.25, 0.3) is 0 Å². The first-order valence-electron chi connectivity index (χ1n) is 8.21. The zero-order valence-electron chi connectivity index (χ0n) is 14.7. The molecule has 2 fully saturated rings. The van der Waals surface area contributed by atoms with Crippen LogP contribution in [-0.4, -0.2) is 42.6 Å². The lowest BCUT2D eigenvalue weighted by Gasteiger charge is -2.37. The highest BCUT2D eigenvalue weighted by molar-refractivity contribution is 5.85. The maximum Gasteiger partial charge on any atom is 0.228 e. The first-order valence-corrected chi connectivity index (χ1v) is 8.21. The average molecular weight is 378 g/mol. The molecule has 1 aliphatic carbocycles. The Morgan fingerprint density at radius 2 is 2.21 bits per heavy atom. The number of nitrogens with one attached hydrogen (secondary N) is 2. The largest absolute Gasteiger partial charge is 0.350 e. The lowest BCUT2D eigenvalue weighted by atomic mass is 9.67. The Kier molecular flexibility index (Phi) is 7.38. The number of imidazole rings is 1. The van der Waals surface area contributed by atoms with E-state index in [1.54, 1.807) is 0 Å². The second kappa shape index (κ2) is 8.41. The van der Waals surface area contributed by atoms with E-state index >= 15 is 0 Å². The number of hydrogen-bond acceptors (Lipinski definition) is 4. The summed E-state index contributed by atoms with van der Waals surface area (Å²) in [6.45, 7) is 2.37. The van der Waals surface area contributed by atoms with Gasteiger partial charge in [0.05, 0.1) is 23.9 Å². The minimum atomic E-state index is -0.179. The molecule has 1 aromatic heterocycles. The number of halogens is 2. The maximum absolute atomic E-state index is 12.8. The van der Waals surface area contributed by atoms with Gasteiger partial charge in [0.1, 0.15) is 0 Å². The summed E-state index contributed by atoms with van der Waals surface area (Å²) < 4.78 is 2.03. The molecule has 138 valence electrons. The fourth-order valence-corrected chi connectivity index (χ4v) is 4.05. The summed E-state index contributed by atoms with van der Waals surface area (Å²) in [4.78, 5) is 19.2. The average Bonchev–Trinajstić information content (AvgIpc) is 3.09. The first-order chi connectivity index (χ1) is 10.5. The highest BCUT2D eigenvalue weighted by Gasteiger charge is 2.49. The predicted molar refractivity (Wildman–Crippen MR) is 101 cm³/mol. The number of amides is 1. The Hall–Kier alpha value is -0.980. The van der Waals surface area contributed by atoms with Crippen molar-refractivity contribution in [1.29, 1.82) is 0 Å². The van der Waals surface area contributed by atoms with Crippen molar-refractivity contribution in [2.75, 3.05) is 32.1 Å². The van der Waals surface area contributed by atoms with E-state index in [1.807, 2.05) is 36.8 Å². The molecule has 2 heterocycles. The SMILES string of the molecule is CN(C)c1ncc(CNC(=O)[C@@]23CCCC[C@H]2CNC3)n1C.Cl.Cl. The summed E-state index contributed by atoms with van der Waals surface area (Å²) in [5, 5.41) is 6.60. The highest BCUT2D eigenvalue weighted by atomic mass is 35.5. The molecule has 0 aromatic carbocycles. The molecule has 2 atom stereocenters. The monoisotopic (exact) mass is 377 g/mol. The normalized spacial score (nSPS) is 25.2. The molecule has 1 amide bonds. The van der Waals surface area contributed by atoms with Crippen LogP contribution in [0.15, 0.2) is 6.20 Å². The Morgan fingerprint density at radius 1 is 1.46 bits per heavy atom. The number of carbonyl (C=O) groups excluding carboxylic acids is 1. The molecule has 24 heavy (non-hydrogen) atoms. The van der Waals surface area contributed by atoms with Crippen molar-refractivity contribution >= 4 is 36.7 Å². The van der Waals surface area contributed by atoms with E-state index in [0.29, 0.717) is 12.5 Å². The van der Waals surface area contributed by atoms with Gasteiger partial charge in [0, 0.05) is 27.7 Å². The van der Waals surface area contributed by atoms with E-state index in [1.165, 1.54) is 19.3 Å². The predicted octanol–water partition coefficient (Wildman–Crippen LogP) is 1.73. The second-order valence-corrected chi connectivity index (χ2v) is 6.92. The van der Waals surface area contributed by atoms with Gasteiger partial charge >= 0.3 is 0 Å². The number of nitrogens with zero attached hydrogens (tertiary/aromatic N) is 3.